The molecule has 3 aromatic rings. The van der Waals surface area contributed by atoms with Crippen molar-refractivity contribution in [2.45, 2.75) is 19.9 Å². The molecule has 0 radical (unpaired) electrons. The van der Waals surface area contributed by atoms with Crippen molar-refractivity contribution in [3.05, 3.63) is 100 Å². The number of Topliss-reactive ketones (excluding diaryl/α,β-unsaturated/α-hetero) is 1. The van der Waals surface area contributed by atoms with E-state index in [0.717, 1.165) is 5.56 Å². The standard InChI is InChI=1S/C25H22ClNO4/c1-16(27-17(2)28)18-3-5-19(6-4-18)24(29)15-31-23-13-9-21(10-14-23)25(30)20-7-11-22(26)12-8-20/h3-14,16H,15H2,1-2H3,(H,27,28). The van der Waals surface area contributed by atoms with Crippen LogP contribution in [0, 0.1) is 0 Å². The van der Waals surface area contributed by atoms with E-state index in [1.165, 1.54) is 6.92 Å². The third-order valence-electron chi connectivity index (χ3n) is 4.75. The van der Waals surface area contributed by atoms with E-state index in [9.17, 15) is 14.4 Å². The molecule has 0 spiro atoms. The molecule has 0 aliphatic carbocycles. The van der Waals surface area contributed by atoms with Crippen LogP contribution >= 0.6 is 11.6 Å². The van der Waals surface area contributed by atoms with E-state index in [2.05, 4.69) is 5.32 Å². The number of ether oxygens (including phenoxy) is 1. The Morgan fingerprint density at radius 3 is 1.90 bits per heavy atom. The quantitative estimate of drug-likeness (QED) is 0.503. The molecule has 3 aromatic carbocycles. The van der Waals surface area contributed by atoms with Crippen molar-refractivity contribution in [2.75, 3.05) is 6.61 Å². The van der Waals surface area contributed by atoms with Gasteiger partial charge in [-0.1, -0.05) is 35.9 Å². The van der Waals surface area contributed by atoms with Gasteiger partial charge < -0.3 is 10.1 Å². The van der Waals surface area contributed by atoms with Crippen LogP contribution in [0.5, 0.6) is 5.75 Å². The number of amides is 1. The van der Waals surface area contributed by atoms with Crippen LogP contribution in [0.2, 0.25) is 5.02 Å². The van der Waals surface area contributed by atoms with Crippen LogP contribution in [-0.2, 0) is 4.79 Å². The first-order valence-corrected chi connectivity index (χ1v) is 10.1. The van der Waals surface area contributed by atoms with E-state index in [1.807, 2.05) is 19.1 Å². The Balaban J connectivity index is 1.57. The van der Waals surface area contributed by atoms with E-state index in [-0.39, 0.29) is 30.1 Å². The zero-order valence-corrected chi connectivity index (χ0v) is 18.0. The molecule has 0 saturated heterocycles. The lowest BCUT2D eigenvalue weighted by Gasteiger charge is -2.13. The molecule has 0 saturated carbocycles. The van der Waals surface area contributed by atoms with Crippen molar-refractivity contribution in [1.82, 2.24) is 5.32 Å². The highest BCUT2D eigenvalue weighted by Crippen LogP contribution is 2.18. The van der Waals surface area contributed by atoms with Crippen LogP contribution in [0.1, 0.15) is 51.7 Å². The molecule has 0 heterocycles. The Morgan fingerprint density at radius 2 is 1.35 bits per heavy atom. The molecule has 1 N–H and O–H groups in total. The fraction of sp³-hybridized carbons (Fsp3) is 0.160. The molecule has 158 valence electrons. The maximum Gasteiger partial charge on any atom is 0.217 e. The zero-order valence-electron chi connectivity index (χ0n) is 17.2. The summed E-state index contributed by atoms with van der Waals surface area (Å²) >= 11 is 5.86. The van der Waals surface area contributed by atoms with Crippen LogP contribution in [0.25, 0.3) is 0 Å². The molecule has 5 nitrogen and oxygen atoms in total. The minimum Gasteiger partial charge on any atom is -0.485 e. The van der Waals surface area contributed by atoms with Crippen molar-refractivity contribution in [3.8, 4) is 5.75 Å². The molecule has 0 aliphatic rings. The first-order valence-electron chi connectivity index (χ1n) is 9.77. The molecule has 0 aliphatic heterocycles. The Hall–Kier alpha value is -3.44. The van der Waals surface area contributed by atoms with Crippen molar-refractivity contribution < 1.29 is 19.1 Å². The van der Waals surface area contributed by atoms with Gasteiger partial charge in [0.2, 0.25) is 5.91 Å². The number of benzene rings is 3. The summed E-state index contributed by atoms with van der Waals surface area (Å²) in [5.41, 5.74) is 2.50. The number of nitrogens with one attached hydrogen (secondary N) is 1. The van der Waals surface area contributed by atoms with E-state index in [0.29, 0.717) is 27.5 Å². The third kappa shape index (κ3) is 6.03. The lowest BCUT2D eigenvalue weighted by atomic mass is 10.0. The van der Waals surface area contributed by atoms with Gasteiger partial charge in [0.25, 0.3) is 0 Å². The maximum atomic E-state index is 12.5. The van der Waals surface area contributed by atoms with Gasteiger partial charge in [0.15, 0.2) is 18.2 Å². The van der Waals surface area contributed by atoms with Crippen LogP contribution in [-0.4, -0.2) is 24.1 Å². The average Bonchev–Trinajstić information content (AvgIpc) is 2.77. The molecule has 1 atom stereocenters. The lowest BCUT2D eigenvalue weighted by Crippen LogP contribution is -2.23. The van der Waals surface area contributed by atoms with Gasteiger partial charge >= 0.3 is 0 Å². The topological polar surface area (TPSA) is 72.5 Å². The highest BCUT2D eigenvalue weighted by Gasteiger charge is 2.12. The minimum absolute atomic E-state index is 0.109. The SMILES string of the molecule is CC(=O)NC(C)c1ccc(C(=O)COc2ccc(C(=O)c3ccc(Cl)cc3)cc2)cc1. The Kier molecular flexibility index (Phi) is 7.21. The fourth-order valence-corrected chi connectivity index (χ4v) is 3.17. The van der Waals surface area contributed by atoms with Gasteiger partial charge in [-0.3, -0.25) is 14.4 Å². The number of rotatable bonds is 8. The second-order valence-corrected chi connectivity index (χ2v) is 7.55. The van der Waals surface area contributed by atoms with Crippen molar-refractivity contribution in [1.29, 1.82) is 0 Å². The molecule has 0 aromatic heterocycles. The molecular weight excluding hydrogens is 414 g/mol. The summed E-state index contributed by atoms with van der Waals surface area (Å²) in [4.78, 5) is 36.1. The van der Waals surface area contributed by atoms with Gasteiger partial charge in [-0.25, -0.2) is 0 Å². The highest BCUT2D eigenvalue weighted by atomic mass is 35.5. The first kappa shape index (κ1) is 22.2. The third-order valence-corrected chi connectivity index (χ3v) is 5.00. The zero-order chi connectivity index (χ0) is 22.4. The molecule has 6 heteroatoms. The van der Waals surface area contributed by atoms with Gasteiger partial charge in [-0.2, -0.15) is 0 Å². The smallest absolute Gasteiger partial charge is 0.217 e. The Labute approximate surface area is 186 Å². The molecule has 1 amide bonds. The monoisotopic (exact) mass is 435 g/mol. The molecule has 1 unspecified atom stereocenters. The maximum absolute atomic E-state index is 12.5. The molecule has 31 heavy (non-hydrogen) atoms. The highest BCUT2D eigenvalue weighted by molar-refractivity contribution is 6.30. The summed E-state index contributed by atoms with van der Waals surface area (Å²) in [5, 5.41) is 3.37. The van der Waals surface area contributed by atoms with E-state index >= 15 is 0 Å². The number of carbonyl (C=O) groups is 3. The number of halogens is 1. The predicted octanol–water partition coefficient (Wildman–Crippen LogP) is 5.03. The van der Waals surface area contributed by atoms with Gasteiger partial charge in [-0.15, -0.1) is 0 Å². The first-order chi connectivity index (χ1) is 14.8. The number of carbonyl (C=O) groups excluding carboxylic acids is 3. The van der Waals surface area contributed by atoms with Crippen LogP contribution in [0.15, 0.2) is 72.8 Å². The molecule has 3 rings (SSSR count). The van der Waals surface area contributed by atoms with Crippen molar-refractivity contribution in [3.63, 3.8) is 0 Å². The van der Waals surface area contributed by atoms with E-state index in [1.54, 1.807) is 60.7 Å². The van der Waals surface area contributed by atoms with Crippen LogP contribution in [0.4, 0.5) is 0 Å². The molecule has 0 fully saturated rings. The normalized spacial score (nSPS) is 11.5. The van der Waals surface area contributed by atoms with E-state index in [4.69, 9.17) is 16.3 Å². The fourth-order valence-electron chi connectivity index (χ4n) is 3.05. The summed E-state index contributed by atoms with van der Waals surface area (Å²) in [6.07, 6.45) is 0. The largest absolute Gasteiger partial charge is 0.485 e. The second kappa shape index (κ2) is 10.0. The van der Waals surface area contributed by atoms with Gasteiger partial charge in [0.1, 0.15) is 5.75 Å². The number of hydrogen-bond acceptors (Lipinski definition) is 4. The van der Waals surface area contributed by atoms with E-state index < -0.39 is 0 Å². The average molecular weight is 436 g/mol. The summed E-state index contributed by atoms with van der Waals surface area (Å²) in [5.74, 6) is 0.103. The van der Waals surface area contributed by atoms with Gasteiger partial charge in [0.05, 0.1) is 6.04 Å². The van der Waals surface area contributed by atoms with Gasteiger partial charge in [-0.05, 0) is 61.0 Å². The van der Waals surface area contributed by atoms with Crippen LogP contribution in [0.3, 0.4) is 0 Å². The second-order valence-electron chi connectivity index (χ2n) is 7.12. The number of hydrogen-bond donors (Lipinski definition) is 1. The van der Waals surface area contributed by atoms with Crippen LogP contribution < -0.4 is 10.1 Å². The Bertz CT molecular complexity index is 1070. The summed E-state index contributed by atoms with van der Waals surface area (Å²) in [6.45, 7) is 3.22. The summed E-state index contributed by atoms with van der Waals surface area (Å²) in [6, 6.07) is 20.3. The van der Waals surface area contributed by atoms with Crippen molar-refractivity contribution >= 4 is 29.1 Å². The minimum atomic E-state index is -0.167. The summed E-state index contributed by atoms with van der Waals surface area (Å²) in [7, 11) is 0. The molecule has 0 bridgehead atoms. The molecular formula is C25H22ClNO4. The lowest BCUT2D eigenvalue weighted by molar-refractivity contribution is -0.119. The number of ketones is 2. The Morgan fingerprint density at radius 1 is 0.839 bits per heavy atom. The van der Waals surface area contributed by atoms with Crippen molar-refractivity contribution in [2.24, 2.45) is 0 Å². The predicted molar refractivity (Wildman–Crippen MR) is 120 cm³/mol. The summed E-state index contributed by atoms with van der Waals surface area (Å²) < 4.78 is 5.57. The van der Waals surface area contributed by atoms with Gasteiger partial charge in [0, 0.05) is 28.6 Å².